The molecule has 1 aliphatic carbocycles. The minimum atomic E-state index is 0.0829. The Bertz CT molecular complexity index is 1660. The van der Waals surface area contributed by atoms with Gasteiger partial charge in [-0.1, -0.05) is 36.4 Å². The summed E-state index contributed by atoms with van der Waals surface area (Å²) in [5.74, 6) is 0.789. The number of benzene rings is 3. The average molecular weight is 597 g/mol. The first-order valence-corrected chi connectivity index (χ1v) is 16.4. The molecule has 3 aliphatic heterocycles. The zero-order valence-electron chi connectivity index (χ0n) is 23.8. The van der Waals surface area contributed by atoms with Gasteiger partial charge in [-0.3, -0.25) is 0 Å². The van der Waals surface area contributed by atoms with Crippen LogP contribution in [0.15, 0.2) is 78.2 Å². The van der Waals surface area contributed by atoms with Crippen molar-refractivity contribution in [3.8, 4) is 0 Å². The van der Waals surface area contributed by atoms with Gasteiger partial charge in [0, 0.05) is 70.8 Å². The summed E-state index contributed by atoms with van der Waals surface area (Å²) in [5.41, 5.74) is 15.0. The molecular weight excluding hydrogens is 560 g/mol. The number of nitrogens with zero attached hydrogens (tertiary/aromatic N) is 4. The quantitative estimate of drug-likeness (QED) is 0.215. The van der Waals surface area contributed by atoms with E-state index in [0.29, 0.717) is 0 Å². The Labute approximate surface area is 257 Å². The second-order valence-electron chi connectivity index (χ2n) is 12.3. The Balaban J connectivity index is 1.20. The highest BCUT2D eigenvalue weighted by Gasteiger charge is 2.40. The fourth-order valence-electron chi connectivity index (χ4n) is 6.91. The van der Waals surface area contributed by atoms with E-state index in [4.69, 9.17) is 17.3 Å². The first kappa shape index (κ1) is 26.4. The van der Waals surface area contributed by atoms with Crippen LogP contribution in [0.2, 0.25) is 5.02 Å². The number of likely N-dealkylation sites (tertiary alicyclic amines) is 1. The lowest BCUT2D eigenvalue weighted by molar-refractivity contribution is 0.296. The normalized spacial score (nSPS) is 21.5. The van der Waals surface area contributed by atoms with Crippen LogP contribution in [0.1, 0.15) is 43.1 Å². The molecule has 2 fully saturated rings. The summed E-state index contributed by atoms with van der Waals surface area (Å²) in [4.78, 5) is 6.14. The second-order valence-corrected chi connectivity index (χ2v) is 13.8. The van der Waals surface area contributed by atoms with Crippen LogP contribution in [-0.4, -0.2) is 41.7 Å². The van der Waals surface area contributed by atoms with E-state index >= 15 is 0 Å². The third-order valence-electron chi connectivity index (χ3n) is 9.26. The molecule has 2 atom stereocenters. The molecule has 216 valence electrons. The average Bonchev–Trinajstić information content (AvgIpc) is 3.65. The zero-order valence-corrected chi connectivity index (χ0v) is 25.4. The number of hydrogen-bond donors (Lipinski definition) is 2. The molecule has 0 radical (unpaired) electrons. The van der Waals surface area contributed by atoms with Crippen molar-refractivity contribution in [3.05, 3.63) is 89.6 Å². The number of halogens is 1. The molecule has 6 nitrogen and oxygen atoms in total. The van der Waals surface area contributed by atoms with E-state index in [2.05, 4.69) is 85.2 Å². The SMILES string of the molecule is C=C(c1cc2c3c(c1)N(Sc1ccc(Cl)cc1)CCN3C(c1cc3ccccc3n1CC1CC1)N2)N1CCCC(N)C1. The molecule has 3 N–H and O–H groups in total. The number of rotatable bonds is 7. The van der Waals surface area contributed by atoms with Gasteiger partial charge in [0.15, 0.2) is 0 Å². The van der Waals surface area contributed by atoms with Gasteiger partial charge < -0.3 is 29.7 Å². The minimum Gasteiger partial charge on any atom is -0.370 e. The highest BCUT2D eigenvalue weighted by molar-refractivity contribution is 8.00. The predicted molar refractivity (Wildman–Crippen MR) is 177 cm³/mol. The van der Waals surface area contributed by atoms with Crippen LogP contribution in [0.5, 0.6) is 0 Å². The maximum atomic E-state index is 6.38. The molecule has 8 rings (SSSR count). The maximum Gasteiger partial charge on any atom is 0.141 e. The van der Waals surface area contributed by atoms with E-state index in [0.717, 1.165) is 67.8 Å². The molecule has 3 aromatic carbocycles. The molecular formula is C34H37ClN6S. The van der Waals surface area contributed by atoms with Crippen LogP contribution in [-0.2, 0) is 6.54 Å². The van der Waals surface area contributed by atoms with Gasteiger partial charge in [0.05, 0.1) is 22.8 Å². The van der Waals surface area contributed by atoms with Gasteiger partial charge in [0.25, 0.3) is 0 Å². The summed E-state index contributed by atoms with van der Waals surface area (Å²) in [7, 11) is 0. The van der Waals surface area contributed by atoms with Gasteiger partial charge in [0.2, 0.25) is 0 Å². The standard InChI is InChI=1S/C34H37ClN6S/c1-22(38-14-4-6-27(36)21-38)25-17-29-33-31(19-25)41(42-28-12-10-26(35)11-13-28)16-15-39(33)34(37-29)32-18-24-5-2-3-7-30(24)40(32)20-23-8-9-23/h2-3,5,7,10-13,17-19,23,27,34,37H,1,4,6,8-9,14-16,20-21,36H2. The molecule has 4 aliphatic rings. The fraction of sp³-hybridized carbons (Fsp3) is 0.353. The lowest BCUT2D eigenvalue weighted by Crippen LogP contribution is -2.41. The topological polar surface area (TPSA) is 52.7 Å². The number of piperidine rings is 1. The highest BCUT2D eigenvalue weighted by Crippen LogP contribution is 2.53. The highest BCUT2D eigenvalue weighted by atomic mass is 35.5. The molecule has 0 spiro atoms. The molecule has 1 saturated carbocycles. The van der Waals surface area contributed by atoms with Crippen molar-refractivity contribution in [2.75, 3.05) is 40.7 Å². The summed E-state index contributed by atoms with van der Waals surface area (Å²) in [6.07, 6.45) is 4.94. The van der Waals surface area contributed by atoms with E-state index < -0.39 is 0 Å². The van der Waals surface area contributed by atoms with Crippen LogP contribution in [0.4, 0.5) is 17.1 Å². The van der Waals surface area contributed by atoms with Gasteiger partial charge in [-0.05, 0) is 92.1 Å². The monoisotopic (exact) mass is 596 g/mol. The van der Waals surface area contributed by atoms with Crippen LogP contribution in [0.3, 0.4) is 0 Å². The van der Waals surface area contributed by atoms with E-state index in [1.165, 1.54) is 51.4 Å². The summed E-state index contributed by atoms with van der Waals surface area (Å²) in [6.45, 7) is 9.38. The van der Waals surface area contributed by atoms with Gasteiger partial charge in [-0.2, -0.15) is 0 Å². The van der Waals surface area contributed by atoms with Crippen LogP contribution >= 0.6 is 23.5 Å². The molecule has 2 unspecified atom stereocenters. The third-order valence-corrected chi connectivity index (χ3v) is 10.6. The lowest BCUT2D eigenvalue weighted by Gasteiger charge is -2.38. The number of para-hydroxylation sites is 1. The zero-order chi connectivity index (χ0) is 28.4. The predicted octanol–water partition coefficient (Wildman–Crippen LogP) is 7.56. The Hall–Kier alpha value is -3.26. The third kappa shape index (κ3) is 4.72. The smallest absolute Gasteiger partial charge is 0.141 e. The van der Waals surface area contributed by atoms with Crippen LogP contribution < -0.4 is 20.3 Å². The first-order chi connectivity index (χ1) is 20.5. The number of nitrogens with two attached hydrogens (primary N) is 1. The fourth-order valence-corrected chi connectivity index (χ4v) is 7.96. The van der Waals surface area contributed by atoms with Crippen LogP contribution in [0, 0.1) is 5.92 Å². The Morgan fingerprint density at radius 3 is 2.64 bits per heavy atom. The number of fused-ring (bicyclic) bond motifs is 1. The van der Waals surface area contributed by atoms with E-state index in [-0.39, 0.29) is 12.2 Å². The van der Waals surface area contributed by atoms with E-state index in [9.17, 15) is 0 Å². The van der Waals surface area contributed by atoms with E-state index in [1.807, 2.05) is 12.1 Å². The first-order valence-electron chi connectivity index (χ1n) is 15.2. The summed E-state index contributed by atoms with van der Waals surface area (Å²) >= 11 is 8.00. The van der Waals surface area contributed by atoms with Crippen molar-refractivity contribution < 1.29 is 0 Å². The Morgan fingerprint density at radius 2 is 1.83 bits per heavy atom. The molecule has 42 heavy (non-hydrogen) atoms. The van der Waals surface area contributed by atoms with Crippen molar-refractivity contribution >= 4 is 57.2 Å². The molecule has 0 bridgehead atoms. The van der Waals surface area contributed by atoms with Gasteiger partial charge >= 0.3 is 0 Å². The number of hydrogen-bond acceptors (Lipinski definition) is 6. The van der Waals surface area contributed by atoms with Crippen molar-refractivity contribution in [3.63, 3.8) is 0 Å². The van der Waals surface area contributed by atoms with Gasteiger partial charge in [-0.15, -0.1) is 0 Å². The Morgan fingerprint density at radius 1 is 1.00 bits per heavy atom. The van der Waals surface area contributed by atoms with Gasteiger partial charge in [-0.25, -0.2) is 0 Å². The van der Waals surface area contributed by atoms with Gasteiger partial charge in [0.1, 0.15) is 6.17 Å². The number of aromatic nitrogens is 1. The maximum absolute atomic E-state index is 6.38. The summed E-state index contributed by atoms with van der Waals surface area (Å²) in [6, 6.07) is 24.3. The minimum absolute atomic E-state index is 0.0829. The van der Waals surface area contributed by atoms with Crippen molar-refractivity contribution in [1.29, 1.82) is 0 Å². The summed E-state index contributed by atoms with van der Waals surface area (Å²) in [5, 5.41) is 6.07. The number of anilines is 3. The van der Waals surface area contributed by atoms with Crippen molar-refractivity contribution in [2.45, 2.75) is 49.3 Å². The molecule has 0 amide bonds. The Kier molecular flexibility index (Phi) is 6.58. The van der Waals surface area contributed by atoms with Crippen LogP contribution in [0.25, 0.3) is 16.6 Å². The molecule has 8 heteroatoms. The second kappa shape index (κ2) is 10.5. The van der Waals surface area contributed by atoms with Crippen molar-refractivity contribution in [1.82, 2.24) is 9.47 Å². The largest absolute Gasteiger partial charge is 0.370 e. The lowest BCUT2D eigenvalue weighted by atomic mass is 10.0. The van der Waals surface area contributed by atoms with Crippen molar-refractivity contribution in [2.24, 2.45) is 11.7 Å². The molecule has 4 heterocycles. The number of nitrogens with one attached hydrogen (secondary N) is 1. The summed E-state index contributed by atoms with van der Waals surface area (Å²) < 4.78 is 5.03. The molecule has 1 aromatic heterocycles. The molecule has 1 saturated heterocycles. The van der Waals surface area contributed by atoms with E-state index in [1.54, 1.807) is 11.9 Å². The molecule has 4 aromatic rings.